The molecule has 11 nitrogen and oxygen atoms in total. The van der Waals surface area contributed by atoms with Gasteiger partial charge in [-0.2, -0.15) is 0 Å². The number of carbonyl (C=O) groups excluding carboxylic acids is 2. The van der Waals surface area contributed by atoms with Gasteiger partial charge in [-0.1, -0.05) is 129 Å². The average molecular weight is 744 g/mol. The van der Waals surface area contributed by atoms with E-state index in [9.17, 15) is 19.0 Å². The van der Waals surface area contributed by atoms with Gasteiger partial charge in [-0.25, -0.2) is 4.98 Å². The highest BCUT2D eigenvalue weighted by atomic mass is 31.2. The SMILES string of the molecule is CCCCCCCCCCCCCCCC(=O)OCC(COP(=O)([O-])OCC[N+](C)(C)C)OC(=O)CCCCCCCCCCCn1ccnc1. The van der Waals surface area contributed by atoms with E-state index in [4.69, 9.17) is 18.5 Å². The molecule has 1 aromatic rings. The normalized spacial score (nSPS) is 13.6. The summed E-state index contributed by atoms with van der Waals surface area (Å²) in [6, 6.07) is 0. The van der Waals surface area contributed by atoms with Crippen molar-refractivity contribution in [3.63, 3.8) is 0 Å². The molecule has 0 bridgehead atoms. The lowest BCUT2D eigenvalue weighted by Gasteiger charge is -2.28. The molecule has 0 fully saturated rings. The van der Waals surface area contributed by atoms with Crippen LogP contribution in [-0.4, -0.2) is 79.6 Å². The summed E-state index contributed by atoms with van der Waals surface area (Å²) < 4.78 is 35.9. The highest BCUT2D eigenvalue weighted by Gasteiger charge is 2.21. The Bertz CT molecular complexity index is 1020. The molecule has 0 saturated heterocycles. The Morgan fingerprint density at radius 1 is 0.706 bits per heavy atom. The van der Waals surface area contributed by atoms with Gasteiger partial charge in [-0.3, -0.25) is 14.2 Å². The topological polar surface area (TPSA) is 129 Å². The maximum absolute atomic E-state index is 12.6. The number of esters is 2. The van der Waals surface area contributed by atoms with Crippen LogP contribution in [0.5, 0.6) is 0 Å². The number of imidazole rings is 1. The first-order chi connectivity index (χ1) is 24.5. The zero-order chi connectivity index (χ0) is 37.5. The third-order valence-electron chi connectivity index (χ3n) is 9.00. The third kappa shape index (κ3) is 31.5. The summed E-state index contributed by atoms with van der Waals surface area (Å²) in [7, 11) is 1.16. The zero-order valence-electron chi connectivity index (χ0n) is 32.9. The van der Waals surface area contributed by atoms with E-state index >= 15 is 0 Å². The monoisotopic (exact) mass is 744 g/mol. The van der Waals surface area contributed by atoms with E-state index in [0.717, 1.165) is 45.1 Å². The molecule has 0 N–H and O–H groups in total. The number of nitrogens with zero attached hydrogens (tertiary/aromatic N) is 3. The summed E-state index contributed by atoms with van der Waals surface area (Å²) in [5.74, 6) is -0.845. The number of ether oxygens (including phenoxy) is 2. The molecule has 0 aliphatic rings. The lowest BCUT2D eigenvalue weighted by atomic mass is 10.0. The van der Waals surface area contributed by atoms with Crippen LogP contribution < -0.4 is 4.89 Å². The van der Waals surface area contributed by atoms with Gasteiger partial charge in [0.25, 0.3) is 7.82 Å². The fourth-order valence-electron chi connectivity index (χ4n) is 5.76. The molecule has 1 heterocycles. The molecule has 2 unspecified atom stereocenters. The summed E-state index contributed by atoms with van der Waals surface area (Å²) in [5, 5.41) is 0. The van der Waals surface area contributed by atoms with Crippen molar-refractivity contribution in [1.29, 1.82) is 0 Å². The summed E-state index contributed by atoms with van der Waals surface area (Å²) in [4.78, 5) is 41.5. The molecule has 12 heteroatoms. The standard InChI is InChI=1S/C39H74N3O8P/c1-5-6-7-8-9-10-11-12-13-15-18-21-24-27-38(43)47-34-37(35-49-51(45,46)48-33-32-42(2,3)4)50-39(44)28-25-22-19-16-14-17-20-23-26-30-41-31-29-40-36-41/h29,31,36-37H,5-28,30,32-35H2,1-4H3. The van der Waals surface area contributed by atoms with Gasteiger partial charge in [0.15, 0.2) is 6.10 Å². The van der Waals surface area contributed by atoms with Crippen molar-refractivity contribution in [2.45, 2.75) is 174 Å². The number of unbranched alkanes of at least 4 members (excludes halogenated alkanes) is 20. The van der Waals surface area contributed by atoms with E-state index in [1.54, 1.807) is 0 Å². The van der Waals surface area contributed by atoms with Gasteiger partial charge in [-0.15, -0.1) is 0 Å². The van der Waals surface area contributed by atoms with E-state index in [-0.39, 0.29) is 32.0 Å². The number of rotatable bonds is 36. The maximum Gasteiger partial charge on any atom is 0.306 e. The first-order valence-corrected chi connectivity index (χ1v) is 21.7. The van der Waals surface area contributed by atoms with E-state index in [1.807, 2.05) is 39.9 Å². The summed E-state index contributed by atoms with van der Waals surface area (Å²) >= 11 is 0. The first-order valence-electron chi connectivity index (χ1n) is 20.2. The number of hydrogen-bond acceptors (Lipinski definition) is 9. The molecule has 0 amide bonds. The molecule has 0 aliphatic heterocycles. The van der Waals surface area contributed by atoms with Gasteiger partial charge in [0.2, 0.25) is 0 Å². The largest absolute Gasteiger partial charge is 0.756 e. The van der Waals surface area contributed by atoms with E-state index in [1.165, 1.54) is 96.3 Å². The minimum atomic E-state index is -4.62. The van der Waals surface area contributed by atoms with Crippen LogP contribution in [-0.2, 0) is 39.2 Å². The molecule has 298 valence electrons. The van der Waals surface area contributed by atoms with Gasteiger partial charge in [0.1, 0.15) is 19.8 Å². The van der Waals surface area contributed by atoms with Crippen molar-refractivity contribution in [3.8, 4) is 0 Å². The Morgan fingerprint density at radius 3 is 1.69 bits per heavy atom. The Labute approximate surface area is 310 Å². The minimum Gasteiger partial charge on any atom is -0.756 e. The van der Waals surface area contributed by atoms with Crippen LogP contribution in [0.4, 0.5) is 0 Å². The van der Waals surface area contributed by atoms with E-state index in [0.29, 0.717) is 17.4 Å². The molecule has 51 heavy (non-hydrogen) atoms. The maximum atomic E-state index is 12.6. The quantitative estimate of drug-likeness (QED) is 0.0286. The number of likely N-dealkylation sites (N-methyl/N-ethyl adjacent to an activating group) is 1. The van der Waals surface area contributed by atoms with Crippen LogP contribution >= 0.6 is 7.82 Å². The Hall–Kier alpha value is -1.78. The van der Waals surface area contributed by atoms with Crippen molar-refractivity contribution in [3.05, 3.63) is 18.7 Å². The molecule has 1 aromatic heterocycles. The van der Waals surface area contributed by atoms with Crippen molar-refractivity contribution in [2.24, 2.45) is 0 Å². The lowest BCUT2D eigenvalue weighted by molar-refractivity contribution is -0.870. The summed E-state index contributed by atoms with van der Waals surface area (Å²) in [6.07, 6.45) is 30.8. The number of aromatic nitrogens is 2. The van der Waals surface area contributed by atoms with E-state index < -0.39 is 26.5 Å². The number of carbonyl (C=O) groups is 2. The fourth-order valence-corrected chi connectivity index (χ4v) is 6.49. The molecule has 0 saturated carbocycles. The molecular weight excluding hydrogens is 669 g/mol. The Kier molecular flexibility index (Phi) is 28.4. The Balaban J connectivity index is 2.28. The molecular formula is C39H74N3O8P. The number of hydrogen-bond donors (Lipinski definition) is 0. The number of quaternary nitrogens is 1. The molecule has 2 atom stereocenters. The molecule has 1 rings (SSSR count). The van der Waals surface area contributed by atoms with Crippen molar-refractivity contribution in [2.75, 3.05) is 47.5 Å². The van der Waals surface area contributed by atoms with Crippen LogP contribution in [0.1, 0.15) is 161 Å². The van der Waals surface area contributed by atoms with Gasteiger partial charge >= 0.3 is 11.9 Å². The van der Waals surface area contributed by atoms with Crippen molar-refractivity contribution in [1.82, 2.24) is 9.55 Å². The number of aryl methyl sites for hydroxylation is 1. The second-order valence-corrected chi connectivity index (χ2v) is 16.5. The van der Waals surface area contributed by atoms with E-state index in [2.05, 4.69) is 16.5 Å². The second-order valence-electron chi connectivity index (χ2n) is 15.1. The molecule has 0 radical (unpaired) electrons. The smallest absolute Gasteiger partial charge is 0.306 e. The summed E-state index contributed by atoms with van der Waals surface area (Å²) in [5.41, 5.74) is 0. The van der Waals surface area contributed by atoms with Crippen LogP contribution in [0.25, 0.3) is 0 Å². The predicted octanol–water partition coefficient (Wildman–Crippen LogP) is 8.93. The highest BCUT2D eigenvalue weighted by molar-refractivity contribution is 7.45. The number of phosphoric acid groups is 1. The zero-order valence-corrected chi connectivity index (χ0v) is 33.8. The van der Waals surface area contributed by atoms with Crippen LogP contribution in [0.2, 0.25) is 0 Å². The summed E-state index contributed by atoms with van der Waals surface area (Å²) in [6.45, 7) is 2.98. The third-order valence-corrected chi connectivity index (χ3v) is 9.96. The van der Waals surface area contributed by atoms with Crippen LogP contribution in [0.15, 0.2) is 18.7 Å². The molecule has 0 aliphatic carbocycles. The highest BCUT2D eigenvalue weighted by Crippen LogP contribution is 2.38. The average Bonchev–Trinajstić information content (AvgIpc) is 3.60. The van der Waals surface area contributed by atoms with Gasteiger partial charge in [0, 0.05) is 31.8 Å². The van der Waals surface area contributed by atoms with Gasteiger partial charge in [-0.05, 0) is 19.3 Å². The van der Waals surface area contributed by atoms with Crippen LogP contribution in [0.3, 0.4) is 0 Å². The molecule has 0 spiro atoms. The van der Waals surface area contributed by atoms with Crippen molar-refractivity contribution < 1.29 is 42.1 Å². The van der Waals surface area contributed by atoms with Gasteiger partial charge < -0.3 is 32.5 Å². The number of phosphoric ester groups is 1. The first kappa shape index (κ1) is 47.2. The molecule has 0 aromatic carbocycles. The van der Waals surface area contributed by atoms with Crippen LogP contribution in [0, 0.1) is 0 Å². The minimum absolute atomic E-state index is 0.0326. The van der Waals surface area contributed by atoms with Gasteiger partial charge in [0.05, 0.1) is 34.1 Å². The fraction of sp³-hybridized carbons (Fsp3) is 0.872. The second kappa shape index (κ2) is 30.7. The Morgan fingerprint density at radius 2 is 1.20 bits per heavy atom. The van der Waals surface area contributed by atoms with Crippen molar-refractivity contribution >= 4 is 19.8 Å². The lowest BCUT2D eigenvalue weighted by Crippen LogP contribution is -2.37. The predicted molar refractivity (Wildman–Crippen MR) is 202 cm³/mol.